The minimum Gasteiger partial charge on any atom is -0.445 e. The second-order valence-electron chi connectivity index (χ2n) is 7.76. The van der Waals surface area contributed by atoms with Crippen molar-refractivity contribution in [1.82, 2.24) is 4.90 Å². The first-order chi connectivity index (χ1) is 14.1. The number of ether oxygens (including phenoxy) is 1. The van der Waals surface area contributed by atoms with Crippen LogP contribution < -0.4 is 5.32 Å². The fraction of sp³-hybridized carbons (Fsp3) is 0.333. The van der Waals surface area contributed by atoms with E-state index in [4.69, 9.17) is 4.74 Å². The molecule has 0 saturated carbocycles. The molecule has 0 aromatic heterocycles. The fourth-order valence-electron chi connectivity index (χ4n) is 4.32. The zero-order valence-corrected chi connectivity index (χ0v) is 16.6. The maximum absolute atomic E-state index is 12.8. The number of hydrogen-bond donors (Lipinski definition) is 1. The van der Waals surface area contributed by atoms with Crippen molar-refractivity contribution in [2.45, 2.75) is 51.3 Å². The molecule has 1 N–H and O–H groups in total. The van der Waals surface area contributed by atoms with Gasteiger partial charge in [0.15, 0.2) is 0 Å². The van der Waals surface area contributed by atoms with Gasteiger partial charge in [0, 0.05) is 18.7 Å². The number of nitrogens with one attached hydrogen (secondary N) is 1. The van der Waals surface area contributed by atoms with Gasteiger partial charge in [-0.1, -0.05) is 48.5 Å². The number of amides is 2. The highest BCUT2D eigenvalue weighted by atomic mass is 16.6. The predicted molar refractivity (Wildman–Crippen MR) is 113 cm³/mol. The van der Waals surface area contributed by atoms with Gasteiger partial charge in [0.2, 0.25) is 5.91 Å². The maximum atomic E-state index is 12.8. The summed E-state index contributed by atoms with van der Waals surface area (Å²) in [6, 6.07) is 17.9. The molecule has 0 spiro atoms. The Morgan fingerprint density at radius 3 is 2.69 bits per heavy atom. The molecule has 0 aliphatic carbocycles. The Kier molecular flexibility index (Phi) is 5.65. The van der Waals surface area contributed by atoms with Gasteiger partial charge in [0.25, 0.3) is 0 Å². The van der Waals surface area contributed by atoms with E-state index < -0.39 is 0 Å². The van der Waals surface area contributed by atoms with Crippen LogP contribution in [0.2, 0.25) is 0 Å². The average Bonchev–Trinajstić information content (AvgIpc) is 2.71. The molecule has 5 nitrogen and oxygen atoms in total. The van der Waals surface area contributed by atoms with Crippen LogP contribution in [0.1, 0.15) is 43.7 Å². The third-order valence-corrected chi connectivity index (χ3v) is 5.61. The number of rotatable bonds is 4. The van der Waals surface area contributed by atoms with Crippen LogP contribution in [0.15, 0.2) is 60.7 Å². The standard InChI is InChI=1S/C24H26N2O3/c1-17(27)25-21-10-5-9-19(13-21)20-14-22-11-6-12-23(15-20)26(22)24(28)29-16-18-7-3-2-4-8-18/h2-5,7-10,13-14,22-23H,6,11-12,15-16H2,1H3,(H,25,27). The van der Waals surface area contributed by atoms with Crippen molar-refractivity contribution in [3.05, 3.63) is 71.8 Å². The summed E-state index contributed by atoms with van der Waals surface area (Å²) in [6.45, 7) is 1.81. The summed E-state index contributed by atoms with van der Waals surface area (Å²) in [5.41, 5.74) is 4.13. The molecule has 0 radical (unpaired) electrons. The summed E-state index contributed by atoms with van der Waals surface area (Å²) in [5.74, 6) is -0.0796. The molecule has 2 aliphatic rings. The zero-order chi connectivity index (χ0) is 20.2. The van der Waals surface area contributed by atoms with Gasteiger partial charge in [-0.05, 0) is 54.5 Å². The second kappa shape index (κ2) is 8.52. The van der Waals surface area contributed by atoms with Crippen molar-refractivity contribution < 1.29 is 14.3 Å². The number of fused-ring (bicyclic) bond motifs is 2. The molecule has 2 bridgehead atoms. The molecule has 2 aromatic rings. The molecule has 4 rings (SSSR count). The number of carbonyl (C=O) groups excluding carboxylic acids is 2. The number of piperidine rings is 1. The molecule has 1 fully saturated rings. The number of benzene rings is 2. The largest absolute Gasteiger partial charge is 0.445 e. The number of nitrogens with zero attached hydrogens (tertiary/aromatic N) is 1. The van der Waals surface area contributed by atoms with Crippen LogP contribution >= 0.6 is 0 Å². The lowest BCUT2D eigenvalue weighted by atomic mass is 9.83. The summed E-state index contributed by atoms with van der Waals surface area (Å²) >= 11 is 0. The summed E-state index contributed by atoms with van der Waals surface area (Å²) in [7, 11) is 0. The first kappa shape index (κ1) is 19.2. The van der Waals surface area contributed by atoms with E-state index in [9.17, 15) is 9.59 Å². The third kappa shape index (κ3) is 4.50. The molecule has 1 saturated heterocycles. The lowest BCUT2D eigenvalue weighted by Crippen LogP contribution is -2.51. The predicted octanol–water partition coefficient (Wildman–Crippen LogP) is 4.99. The second-order valence-corrected chi connectivity index (χ2v) is 7.76. The highest BCUT2D eigenvalue weighted by Crippen LogP contribution is 2.38. The topological polar surface area (TPSA) is 58.6 Å². The molecular formula is C24H26N2O3. The molecule has 150 valence electrons. The molecule has 5 heteroatoms. The van der Waals surface area contributed by atoms with Crippen LogP contribution in [0.5, 0.6) is 0 Å². The van der Waals surface area contributed by atoms with E-state index in [2.05, 4.69) is 17.5 Å². The van der Waals surface area contributed by atoms with Gasteiger partial charge < -0.3 is 10.1 Å². The molecule has 2 aromatic carbocycles. The van der Waals surface area contributed by atoms with Gasteiger partial charge in [-0.25, -0.2) is 4.79 Å². The van der Waals surface area contributed by atoms with Gasteiger partial charge in [0.1, 0.15) is 6.61 Å². The van der Waals surface area contributed by atoms with E-state index in [1.165, 1.54) is 12.5 Å². The Labute approximate surface area is 171 Å². The van der Waals surface area contributed by atoms with Crippen molar-refractivity contribution in [2.24, 2.45) is 0 Å². The minimum atomic E-state index is -0.231. The van der Waals surface area contributed by atoms with E-state index in [1.54, 1.807) is 0 Å². The van der Waals surface area contributed by atoms with Crippen LogP contribution in [-0.2, 0) is 16.1 Å². The van der Waals surface area contributed by atoms with Crippen molar-refractivity contribution in [3.63, 3.8) is 0 Å². The summed E-state index contributed by atoms with van der Waals surface area (Å²) in [6.07, 6.45) is 5.83. The molecular weight excluding hydrogens is 364 g/mol. The summed E-state index contributed by atoms with van der Waals surface area (Å²) < 4.78 is 5.62. The summed E-state index contributed by atoms with van der Waals surface area (Å²) in [4.78, 5) is 26.1. The van der Waals surface area contributed by atoms with Crippen LogP contribution in [-0.4, -0.2) is 29.0 Å². The average molecular weight is 390 g/mol. The molecule has 2 aliphatic heterocycles. The zero-order valence-electron chi connectivity index (χ0n) is 16.6. The minimum absolute atomic E-state index is 0.0604. The Morgan fingerprint density at radius 1 is 1.10 bits per heavy atom. The van der Waals surface area contributed by atoms with Crippen molar-refractivity contribution in [1.29, 1.82) is 0 Å². The van der Waals surface area contributed by atoms with Gasteiger partial charge in [-0.2, -0.15) is 0 Å². The van der Waals surface area contributed by atoms with E-state index in [0.29, 0.717) is 6.61 Å². The fourth-order valence-corrected chi connectivity index (χ4v) is 4.32. The lowest BCUT2D eigenvalue weighted by Gasteiger charge is -2.44. The van der Waals surface area contributed by atoms with Crippen molar-refractivity contribution >= 4 is 23.3 Å². The number of anilines is 1. The van der Waals surface area contributed by atoms with E-state index in [1.807, 2.05) is 53.4 Å². The Bertz CT molecular complexity index is 923. The van der Waals surface area contributed by atoms with E-state index in [0.717, 1.165) is 42.5 Å². The highest BCUT2D eigenvalue weighted by Gasteiger charge is 2.38. The lowest BCUT2D eigenvalue weighted by molar-refractivity contribution is -0.114. The quantitative estimate of drug-likeness (QED) is 0.800. The van der Waals surface area contributed by atoms with Gasteiger partial charge in [-0.15, -0.1) is 0 Å². The van der Waals surface area contributed by atoms with Crippen molar-refractivity contribution in [3.8, 4) is 0 Å². The molecule has 29 heavy (non-hydrogen) atoms. The third-order valence-electron chi connectivity index (χ3n) is 5.61. The molecule has 2 amide bonds. The Morgan fingerprint density at radius 2 is 1.93 bits per heavy atom. The maximum Gasteiger partial charge on any atom is 0.410 e. The monoisotopic (exact) mass is 390 g/mol. The van der Waals surface area contributed by atoms with E-state index >= 15 is 0 Å². The molecule has 2 atom stereocenters. The number of hydrogen-bond acceptors (Lipinski definition) is 3. The first-order valence-electron chi connectivity index (χ1n) is 10.2. The molecule has 2 heterocycles. The Hall–Kier alpha value is -3.08. The Balaban J connectivity index is 1.50. The molecule has 2 unspecified atom stereocenters. The van der Waals surface area contributed by atoms with Gasteiger partial charge >= 0.3 is 6.09 Å². The SMILES string of the molecule is CC(=O)Nc1cccc(C2=CC3CCCC(C2)N3C(=O)OCc2ccccc2)c1. The van der Waals surface area contributed by atoms with E-state index in [-0.39, 0.29) is 24.1 Å². The first-order valence-corrected chi connectivity index (χ1v) is 10.2. The smallest absolute Gasteiger partial charge is 0.410 e. The van der Waals surface area contributed by atoms with Crippen LogP contribution in [0.3, 0.4) is 0 Å². The van der Waals surface area contributed by atoms with Gasteiger partial charge in [-0.3, -0.25) is 9.69 Å². The normalized spacial score (nSPS) is 20.6. The highest BCUT2D eigenvalue weighted by molar-refractivity contribution is 5.89. The summed E-state index contributed by atoms with van der Waals surface area (Å²) in [5, 5.41) is 2.84. The van der Waals surface area contributed by atoms with Gasteiger partial charge in [0.05, 0.1) is 6.04 Å². The van der Waals surface area contributed by atoms with Crippen LogP contribution in [0.4, 0.5) is 10.5 Å². The van der Waals surface area contributed by atoms with Crippen LogP contribution in [0.25, 0.3) is 5.57 Å². The van der Waals surface area contributed by atoms with Crippen molar-refractivity contribution in [2.75, 3.05) is 5.32 Å². The number of carbonyl (C=O) groups is 2. The van der Waals surface area contributed by atoms with Crippen LogP contribution in [0, 0.1) is 0 Å².